The van der Waals surface area contributed by atoms with Gasteiger partial charge in [-0.3, -0.25) is 25.2 Å². The molecule has 0 bridgehead atoms. The number of nitrogens with one attached hydrogen (secondary N) is 2. The van der Waals surface area contributed by atoms with Gasteiger partial charge in [-0.1, -0.05) is 55.6 Å². The molecule has 2 aromatic carbocycles. The van der Waals surface area contributed by atoms with Crippen molar-refractivity contribution in [3.8, 4) is 0 Å². The summed E-state index contributed by atoms with van der Waals surface area (Å²) in [6.45, 7) is 2.43. The summed E-state index contributed by atoms with van der Waals surface area (Å²) < 4.78 is 15.1. The van der Waals surface area contributed by atoms with Gasteiger partial charge in [-0.15, -0.1) is 0 Å². The van der Waals surface area contributed by atoms with Crippen LogP contribution in [-0.4, -0.2) is 21.6 Å². The minimum atomic E-state index is -0.687. The fraction of sp³-hybridized carbons (Fsp3) is 0.273. The second-order valence-electron chi connectivity index (χ2n) is 7.01. The zero-order valence-electron chi connectivity index (χ0n) is 17.0. The zero-order chi connectivity index (χ0) is 22.4. The van der Waals surface area contributed by atoms with Crippen molar-refractivity contribution in [3.63, 3.8) is 0 Å². The van der Waals surface area contributed by atoms with Crippen LogP contribution in [0.3, 0.4) is 0 Å². The molecule has 0 saturated heterocycles. The molecule has 1 aromatic heterocycles. The van der Waals surface area contributed by atoms with Crippen molar-refractivity contribution in [2.24, 2.45) is 0 Å². The van der Waals surface area contributed by atoms with Crippen LogP contribution in [0, 0.1) is 5.82 Å². The van der Waals surface area contributed by atoms with Crippen molar-refractivity contribution in [1.29, 1.82) is 0 Å². The largest absolute Gasteiger partial charge is 0.290 e. The number of fused-ring (bicyclic) bond motifs is 1. The fourth-order valence-electron chi connectivity index (χ4n) is 3.16. The van der Waals surface area contributed by atoms with Gasteiger partial charge in [0.2, 0.25) is 5.91 Å². The maximum Gasteiger partial charge on any atom is 0.290 e. The second-order valence-corrected chi connectivity index (χ2v) is 7.42. The van der Waals surface area contributed by atoms with Crippen molar-refractivity contribution in [2.45, 2.75) is 39.2 Å². The molecule has 0 radical (unpaired) electrons. The van der Waals surface area contributed by atoms with Crippen LogP contribution < -0.4 is 16.4 Å². The summed E-state index contributed by atoms with van der Waals surface area (Å²) >= 11 is 5.93. The topological polar surface area (TPSA) is 93.1 Å². The molecule has 2 amide bonds. The highest BCUT2D eigenvalue weighted by Gasteiger charge is 2.18. The molecule has 0 aliphatic heterocycles. The van der Waals surface area contributed by atoms with E-state index in [1.807, 2.05) is 6.92 Å². The van der Waals surface area contributed by atoms with Crippen molar-refractivity contribution >= 4 is 34.2 Å². The molecule has 2 N–H and O–H groups in total. The van der Waals surface area contributed by atoms with Gasteiger partial charge in [0.1, 0.15) is 5.82 Å². The Morgan fingerprint density at radius 3 is 2.52 bits per heavy atom. The van der Waals surface area contributed by atoms with E-state index in [2.05, 4.69) is 16.0 Å². The number of carbonyl (C=O) groups excluding carboxylic acids is 2. The van der Waals surface area contributed by atoms with E-state index in [-0.39, 0.29) is 28.3 Å². The number of hydrogen-bond donors (Lipinski definition) is 2. The molecule has 3 aromatic rings. The molecule has 0 saturated carbocycles. The molecule has 31 heavy (non-hydrogen) atoms. The normalized spacial score (nSPS) is 10.8. The van der Waals surface area contributed by atoms with E-state index in [0.717, 1.165) is 19.3 Å². The molecule has 0 spiro atoms. The van der Waals surface area contributed by atoms with Gasteiger partial charge in [-0.25, -0.2) is 9.07 Å². The predicted octanol–water partition coefficient (Wildman–Crippen LogP) is 3.38. The van der Waals surface area contributed by atoms with Gasteiger partial charge in [0.05, 0.1) is 11.8 Å². The third-order valence-corrected chi connectivity index (χ3v) is 5.12. The quantitative estimate of drug-likeness (QED) is 0.431. The first-order valence-corrected chi connectivity index (χ1v) is 10.3. The number of rotatable bonds is 7. The lowest BCUT2D eigenvalue weighted by molar-refractivity contribution is -0.121. The molecule has 9 heteroatoms. The molecule has 0 unspecified atom stereocenters. The molecule has 0 aliphatic rings. The average molecular weight is 445 g/mol. The van der Waals surface area contributed by atoms with E-state index in [9.17, 15) is 18.8 Å². The van der Waals surface area contributed by atoms with E-state index in [0.29, 0.717) is 17.3 Å². The van der Waals surface area contributed by atoms with E-state index in [4.69, 9.17) is 11.6 Å². The summed E-state index contributed by atoms with van der Waals surface area (Å²) in [5.41, 5.74) is 4.29. The van der Waals surface area contributed by atoms with E-state index >= 15 is 0 Å². The first-order chi connectivity index (χ1) is 14.9. The average Bonchev–Trinajstić information content (AvgIpc) is 2.76. The number of amides is 2. The van der Waals surface area contributed by atoms with Crippen LogP contribution in [0.15, 0.2) is 47.3 Å². The van der Waals surface area contributed by atoms with Gasteiger partial charge in [-0.2, -0.15) is 5.10 Å². The van der Waals surface area contributed by atoms with Crippen molar-refractivity contribution in [1.82, 2.24) is 20.6 Å². The lowest BCUT2D eigenvalue weighted by Gasteiger charge is -2.12. The minimum absolute atomic E-state index is 0.0101. The van der Waals surface area contributed by atoms with Crippen molar-refractivity contribution in [3.05, 3.63) is 74.9 Å². The van der Waals surface area contributed by atoms with Crippen molar-refractivity contribution in [2.75, 3.05) is 0 Å². The number of carbonyl (C=O) groups is 2. The fourth-order valence-corrected chi connectivity index (χ4v) is 3.39. The lowest BCUT2D eigenvalue weighted by atomic mass is 10.1. The molecule has 0 fully saturated rings. The number of benzene rings is 2. The molecule has 7 nitrogen and oxygen atoms in total. The van der Waals surface area contributed by atoms with Gasteiger partial charge in [0.25, 0.3) is 11.5 Å². The van der Waals surface area contributed by atoms with Crippen molar-refractivity contribution < 1.29 is 14.0 Å². The molecule has 3 rings (SSSR count). The SMILES string of the molecule is CCCCCn1nc(C(=O)NNC(=O)Cc2c(F)cccc2Cl)c2ccccc2c1=O. The molecular formula is C22H22ClFN4O3. The number of aryl methyl sites for hydroxylation is 1. The van der Waals surface area contributed by atoms with Crippen LogP contribution in [0.4, 0.5) is 4.39 Å². The first kappa shape index (κ1) is 22.4. The molecular weight excluding hydrogens is 423 g/mol. The summed E-state index contributed by atoms with van der Waals surface area (Å²) in [7, 11) is 0. The summed E-state index contributed by atoms with van der Waals surface area (Å²) in [5, 5.41) is 5.08. The highest BCUT2D eigenvalue weighted by Crippen LogP contribution is 2.19. The monoisotopic (exact) mass is 444 g/mol. The van der Waals surface area contributed by atoms with Crippen LogP contribution in [-0.2, 0) is 17.8 Å². The van der Waals surface area contributed by atoms with Gasteiger partial charge < -0.3 is 0 Å². The Labute approximate surface area is 183 Å². The molecule has 0 atom stereocenters. The Morgan fingerprint density at radius 1 is 1.06 bits per heavy atom. The van der Waals surface area contributed by atoms with E-state index in [1.54, 1.807) is 24.3 Å². The Morgan fingerprint density at radius 2 is 1.81 bits per heavy atom. The standard InChI is InChI=1S/C22H22ClFN4O3/c1-2-3-6-12-28-22(31)15-9-5-4-8-14(15)20(27-28)21(30)26-25-19(29)13-16-17(23)10-7-11-18(16)24/h4-5,7-11H,2-3,6,12-13H2,1H3,(H,25,29)(H,26,30). The van der Waals surface area contributed by atoms with Crippen LogP contribution in [0.2, 0.25) is 5.02 Å². The predicted molar refractivity (Wildman–Crippen MR) is 116 cm³/mol. The zero-order valence-corrected chi connectivity index (χ0v) is 17.7. The number of hydrogen-bond acceptors (Lipinski definition) is 4. The number of hydrazine groups is 1. The Balaban J connectivity index is 1.79. The lowest BCUT2D eigenvalue weighted by Crippen LogP contribution is -2.43. The Kier molecular flexibility index (Phi) is 7.36. The highest BCUT2D eigenvalue weighted by molar-refractivity contribution is 6.31. The number of aromatic nitrogens is 2. The minimum Gasteiger partial charge on any atom is -0.273 e. The number of unbranched alkanes of at least 4 members (excludes halogenated alkanes) is 2. The number of halogens is 2. The highest BCUT2D eigenvalue weighted by atomic mass is 35.5. The Hall–Kier alpha value is -3.26. The maximum absolute atomic E-state index is 13.9. The van der Waals surface area contributed by atoms with E-state index in [1.165, 1.54) is 22.9 Å². The second kappa shape index (κ2) is 10.2. The molecule has 162 valence electrons. The van der Waals surface area contributed by atoms with Crippen LogP contribution in [0.1, 0.15) is 42.2 Å². The van der Waals surface area contributed by atoms with Gasteiger partial charge in [0, 0.05) is 22.5 Å². The maximum atomic E-state index is 13.9. The summed E-state index contributed by atoms with van der Waals surface area (Å²) in [5.74, 6) is -1.95. The van der Waals surface area contributed by atoms with Crippen LogP contribution >= 0.6 is 11.6 Å². The summed E-state index contributed by atoms with van der Waals surface area (Å²) in [6, 6.07) is 10.8. The smallest absolute Gasteiger partial charge is 0.273 e. The van der Waals surface area contributed by atoms with Gasteiger partial charge in [0.15, 0.2) is 5.69 Å². The van der Waals surface area contributed by atoms with Gasteiger partial charge in [-0.05, 0) is 24.6 Å². The third-order valence-electron chi connectivity index (χ3n) is 4.77. The number of nitrogens with zero attached hydrogens (tertiary/aromatic N) is 2. The Bertz CT molecular complexity index is 1160. The van der Waals surface area contributed by atoms with Crippen LogP contribution in [0.25, 0.3) is 10.8 Å². The molecule has 0 aliphatic carbocycles. The molecule has 1 heterocycles. The first-order valence-electron chi connectivity index (χ1n) is 9.94. The van der Waals surface area contributed by atoms with E-state index < -0.39 is 17.6 Å². The van der Waals surface area contributed by atoms with Gasteiger partial charge >= 0.3 is 0 Å². The summed E-state index contributed by atoms with van der Waals surface area (Å²) in [4.78, 5) is 37.6. The summed E-state index contributed by atoms with van der Waals surface area (Å²) in [6.07, 6.45) is 2.31. The third kappa shape index (κ3) is 5.27. The van der Waals surface area contributed by atoms with Crippen LogP contribution in [0.5, 0.6) is 0 Å².